The molecule has 0 aromatic heterocycles. The molecule has 0 saturated carbocycles. The van der Waals surface area contributed by atoms with Gasteiger partial charge in [-0.2, -0.15) is 0 Å². The molecule has 0 heterocycles. The third kappa shape index (κ3) is 10.7. The number of carbonyl (C=O) groups excluding carboxylic acids is 2. The predicted octanol–water partition coefficient (Wildman–Crippen LogP) is 0.279. The second kappa shape index (κ2) is 7.35. The van der Waals surface area contributed by atoms with Crippen LogP contribution in [0.3, 0.4) is 0 Å². The van der Waals surface area contributed by atoms with Gasteiger partial charge in [0.2, 0.25) is 0 Å². The molecule has 0 aliphatic heterocycles. The first kappa shape index (κ1) is 11.7. The first-order chi connectivity index (χ1) is 6.13. The van der Waals surface area contributed by atoms with Crippen LogP contribution in [-0.4, -0.2) is 11.8 Å². The maximum atomic E-state index is 10.5. The standard InChI is InChI=1S/C10H14O3/c1-9(11)7-5-3-2-4-6-8-10(12)13/h4-8H2,1H3,(H,12,13)/p-1. The number of aliphatic carboxylic acids is 1. The van der Waals surface area contributed by atoms with Crippen LogP contribution in [0, 0.1) is 11.8 Å². The molecule has 0 aliphatic rings. The molecular weight excluding hydrogens is 168 g/mol. The lowest BCUT2D eigenvalue weighted by molar-refractivity contribution is -0.305. The van der Waals surface area contributed by atoms with E-state index < -0.39 is 5.97 Å². The van der Waals surface area contributed by atoms with Crippen molar-refractivity contribution in [2.75, 3.05) is 0 Å². The van der Waals surface area contributed by atoms with Gasteiger partial charge in [-0.3, -0.25) is 4.79 Å². The zero-order chi connectivity index (χ0) is 10.1. The van der Waals surface area contributed by atoms with E-state index in [9.17, 15) is 14.7 Å². The lowest BCUT2D eigenvalue weighted by Crippen LogP contribution is -2.21. The minimum absolute atomic E-state index is 0.0569. The van der Waals surface area contributed by atoms with E-state index in [4.69, 9.17) is 0 Å². The summed E-state index contributed by atoms with van der Waals surface area (Å²) in [6.07, 6.45) is 2.19. The van der Waals surface area contributed by atoms with Crippen molar-refractivity contribution in [1.29, 1.82) is 0 Å². The van der Waals surface area contributed by atoms with Crippen LogP contribution >= 0.6 is 0 Å². The van der Waals surface area contributed by atoms with Gasteiger partial charge in [-0.15, -0.1) is 11.8 Å². The van der Waals surface area contributed by atoms with E-state index in [2.05, 4.69) is 11.8 Å². The van der Waals surface area contributed by atoms with Gasteiger partial charge in [0.05, 0.1) is 0 Å². The summed E-state index contributed by atoms with van der Waals surface area (Å²) in [4.78, 5) is 20.4. The number of ketones is 1. The lowest BCUT2D eigenvalue weighted by Gasteiger charge is -1.95. The van der Waals surface area contributed by atoms with Crippen LogP contribution in [0.25, 0.3) is 0 Å². The summed E-state index contributed by atoms with van der Waals surface area (Å²) < 4.78 is 0. The second-order valence-corrected chi connectivity index (χ2v) is 2.78. The lowest BCUT2D eigenvalue weighted by atomic mass is 10.2. The van der Waals surface area contributed by atoms with Crippen LogP contribution in [0.5, 0.6) is 0 Å². The predicted molar refractivity (Wildman–Crippen MR) is 46.5 cm³/mol. The van der Waals surface area contributed by atoms with E-state index >= 15 is 0 Å². The van der Waals surface area contributed by atoms with Crippen LogP contribution in [0.1, 0.15) is 39.0 Å². The van der Waals surface area contributed by atoms with E-state index in [1.165, 1.54) is 6.92 Å². The van der Waals surface area contributed by atoms with Crippen molar-refractivity contribution < 1.29 is 14.7 Å². The van der Waals surface area contributed by atoms with Crippen molar-refractivity contribution in [2.45, 2.75) is 39.0 Å². The summed E-state index contributed by atoms with van der Waals surface area (Å²) >= 11 is 0. The number of Topliss-reactive ketones (excluding diaryl/α,β-unsaturated/α-hetero) is 1. The molecule has 0 saturated heterocycles. The summed E-state index contributed by atoms with van der Waals surface area (Å²) in [5.74, 6) is 4.70. The van der Waals surface area contributed by atoms with Crippen molar-refractivity contribution in [2.24, 2.45) is 0 Å². The fourth-order valence-electron chi connectivity index (χ4n) is 0.736. The first-order valence-corrected chi connectivity index (χ1v) is 4.28. The SMILES string of the molecule is CC(=O)CCC#CCCCC(=O)[O-]. The summed E-state index contributed by atoms with van der Waals surface area (Å²) in [6.45, 7) is 1.53. The summed E-state index contributed by atoms with van der Waals surface area (Å²) in [7, 11) is 0. The molecule has 0 rings (SSSR count). The monoisotopic (exact) mass is 181 g/mol. The number of rotatable bonds is 5. The fraction of sp³-hybridized carbons (Fsp3) is 0.600. The third-order valence-corrected chi connectivity index (χ3v) is 1.41. The maximum Gasteiger partial charge on any atom is 0.130 e. The number of hydrogen-bond acceptors (Lipinski definition) is 3. The number of carboxylic acids is 1. The van der Waals surface area contributed by atoms with Gasteiger partial charge in [-0.25, -0.2) is 0 Å². The van der Waals surface area contributed by atoms with Crippen molar-refractivity contribution in [1.82, 2.24) is 0 Å². The molecule has 0 unspecified atom stereocenters. The average molecular weight is 181 g/mol. The van der Waals surface area contributed by atoms with Crippen molar-refractivity contribution in [3.8, 4) is 11.8 Å². The Hall–Kier alpha value is -1.30. The average Bonchev–Trinajstić information content (AvgIpc) is 2.01. The third-order valence-electron chi connectivity index (χ3n) is 1.41. The van der Waals surface area contributed by atoms with Crippen molar-refractivity contribution >= 4 is 11.8 Å². The molecule has 0 aliphatic carbocycles. The maximum absolute atomic E-state index is 10.5. The zero-order valence-corrected chi connectivity index (χ0v) is 7.76. The van der Waals surface area contributed by atoms with Gasteiger partial charge in [0, 0.05) is 25.2 Å². The highest BCUT2D eigenvalue weighted by molar-refractivity contribution is 5.75. The van der Waals surface area contributed by atoms with E-state index in [0.29, 0.717) is 25.7 Å². The van der Waals surface area contributed by atoms with Gasteiger partial charge < -0.3 is 9.90 Å². The van der Waals surface area contributed by atoms with Crippen LogP contribution in [0.15, 0.2) is 0 Å². The Morgan fingerprint density at radius 2 is 1.77 bits per heavy atom. The molecule has 72 valence electrons. The fourth-order valence-corrected chi connectivity index (χ4v) is 0.736. The molecule has 0 fully saturated rings. The molecule has 0 radical (unpaired) electrons. The van der Waals surface area contributed by atoms with E-state index in [0.717, 1.165) is 0 Å². The second-order valence-electron chi connectivity index (χ2n) is 2.78. The molecule has 3 heteroatoms. The molecular formula is C10H13O3-. The van der Waals surface area contributed by atoms with E-state index in [1.54, 1.807) is 0 Å². The van der Waals surface area contributed by atoms with Crippen molar-refractivity contribution in [3.63, 3.8) is 0 Å². The molecule has 0 N–H and O–H groups in total. The van der Waals surface area contributed by atoms with Gasteiger partial charge in [0.1, 0.15) is 5.78 Å². The van der Waals surface area contributed by atoms with Crippen molar-refractivity contribution in [3.05, 3.63) is 0 Å². The van der Waals surface area contributed by atoms with Gasteiger partial charge in [0.15, 0.2) is 0 Å². The Labute approximate surface area is 78.1 Å². The summed E-state index contributed by atoms with van der Waals surface area (Å²) in [5, 5.41) is 9.97. The highest BCUT2D eigenvalue weighted by Crippen LogP contribution is 1.93. The summed E-state index contributed by atoms with van der Waals surface area (Å²) in [5.41, 5.74) is 0. The van der Waals surface area contributed by atoms with E-state index in [1.807, 2.05) is 0 Å². The number of carbonyl (C=O) groups is 2. The minimum atomic E-state index is -1.04. The Bertz CT molecular complexity index is 232. The van der Waals surface area contributed by atoms with Gasteiger partial charge >= 0.3 is 0 Å². The Kier molecular flexibility index (Phi) is 6.62. The Morgan fingerprint density at radius 3 is 2.31 bits per heavy atom. The van der Waals surface area contributed by atoms with Gasteiger partial charge in [0.25, 0.3) is 0 Å². The first-order valence-electron chi connectivity index (χ1n) is 4.28. The molecule has 13 heavy (non-hydrogen) atoms. The largest absolute Gasteiger partial charge is 0.550 e. The smallest absolute Gasteiger partial charge is 0.130 e. The Balaban J connectivity index is 3.30. The number of carboxylic acid groups (broad SMARTS) is 1. The molecule has 0 atom stereocenters. The molecule has 0 amide bonds. The normalized spacial score (nSPS) is 8.69. The quantitative estimate of drug-likeness (QED) is 0.452. The number of unbranched alkanes of at least 4 members (excludes halogenated alkanes) is 1. The van der Waals surface area contributed by atoms with Crippen LogP contribution in [0.4, 0.5) is 0 Å². The van der Waals surface area contributed by atoms with Gasteiger partial charge in [-0.05, 0) is 19.8 Å². The minimum Gasteiger partial charge on any atom is -0.550 e. The molecule has 3 nitrogen and oxygen atoms in total. The molecule has 0 bridgehead atoms. The summed E-state index contributed by atoms with van der Waals surface area (Å²) in [6, 6.07) is 0. The topological polar surface area (TPSA) is 57.2 Å². The van der Waals surface area contributed by atoms with Crippen LogP contribution in [-0.2, 0) is 9.59 Å². The Morgan fingerprint density at radius 1 is 1.15 bits per heavy atom. The molecule has 0 aromatic carbocycles. The number of hydrogen-bond donors (Lipinski definition) is 0. The van der Waals surface area contributed by atoms with Crippen LogP contribution < -0.4 is 5.11 Å². The molecule has 0 spiro atoms. The van der Waals surface area contributed by atoms with E-state index in [-0.39, 0.29) is 12.2 Å². The highest BCUT2D eigenvalue weighted by atomic mass is 16.4. The zero-order valence-electron chi connectivity index (χ0n) is 7.76. The highest BCUT2D eigenvalue weighted by Gasteiger charge is 1.88. The van der Waals surface area contributed by atoms with Gasteiger partial charge in [-0.1, -0.05) is 0 Å². The van der Waals surface area contributed by atoms with Crippen LogP contribution in [0.2, 0.25) is 0 Å². The molecule has 0 aromatic rings.